The first kappa shape index (κ1) is 13.3. The summed E-state index contributed by atoms with van der Waals surface area (Å²) in [4.78, 5) is 19.5. The Morgan fingerprint density at radius 2 is 2.05 bits per heavy atom. The predicted octanol–water partition coefficient (Wildman–Crippen LogP) is 2.78. The lowest BCUT2D eigenvalue weighted by Gasteiger charge is -2.06. The summed E-state index contributed by atoms with van der Waals surface area (Å²) >= 11 is 5.70. The first-order chi connectivity index (χ1) is 9.19. The molecule has 1 N–H and O–H groups in total. The van der Waals surface area contributed by atoms with E-state index in [4.69, 9.17) is 16.3 Å². The summed E-state index contributed by atoms with van der Waals surface area (Å²) < 4.78 is 5.32. The average molecular weight is 278 g/mol. The number of rotatable bonds is 4. The minimum Gasteiger partial charge on any atom is -0.494 e. The van der Waals surface area contributed by atoms with Crippen molar-refractivity contribution in [2.24, 2.45) is 0 Å². The van der Waals surface area contributed by atoms with Gasteiger partial charge in [-0.15, -0.1) is 0 Å². The SMILES string of the molecule is CCOc1ccc(NC(=O)c2cc(Cl)ncn2)cc1. The van der Waals surface area contributed by atoms with Crippen LogP contribution in [0.25, 0.3) is 0 Å². The summed E-state index contributed by atoms with van der Waals surface area (Å²) in [7, 11) is 0. The minimum absolute atomic E-state index is 0.217. The van der Waals surface area contributed by atoms with Crippen LogP contribution in [0.1, 0.15) is 17.4 Å². The molecule has 1 aromatic heterocycles. The van der Waals surface area contributed by atoms with Gasteiger partial charge < -0.3 is 10.1 Å². The molecule has 0 aliphatic carbocycles. The molecule has 6 heteroatoms. The Kier molecular flexibility index (Phi) is 4.30. The molecule has 0 aliphatic heterocycles. The van der Waals surface area contributed by atoms with Crippen molar-refractivity contribution in [1.82, 2.24) is 9.97 Å². The van der Waals surface area contributed by atoms with Crippen LogP contribution in [0.2, 0.25) is 5.15 Å². The monoisotopic (exact) mass is 277 g/mol. The third-order valence-corrected chi connectivity index (χ3v) is 2.50. The van der Waals surface area contributed by atoms with Crippen molar-refractivity contribution < 1.29 is 9.53 Å². The van der Waals surface area contributed by atoms with Gasteiger partial charge in [-0.05, 0) is 31.2 Å². The van der Waals surface area contributed by atoms with Crippen molar-refractivity contribution in [3.63, 3.8) is 0 Å². The molecule has 2 rings (SSSR count). The molecule has 5 nitrogen and oxygen atoms in total. The van der Waals surface area contributed by atoms with Crippen molar-refractivity contribution >= 4 is 23.2 Å². The lowest BCUT2D eigenvalue weighted by molar-refractivity contribution is 0.102. The van der Waals surface area contributed by atoms with Gasteiger partial charge in [0.25, 0.3) is 5.91 Å². The van der Waals surface area contributed by atoms with Gasteiger partial charge in [-0.1, -0.05) is 11.6 Å². The van der Waals surface area contributed by atoms with Crippen LogP contribution in [0, 0.1) is 0 Å². The van der Waals surface area contributed by atoms with Crippen LogP contribution in [0.5, 0.6) is 5.75 Å². The highest BCUT2D eigenvalue weighted by atomic mass is 35.5. The molecule has 1 heterocycles. The molecule has 0 fully saturated rings. The molecular weight excluding hydrogens is 266 g/mol. The number of hydrogen-bond donors (Lipinski definition) is 1. The maximum absolute atomic E-state index is 11.9. The average Bonchev–Trinajstić information content (AvgIpc) is 2.41. The fraction of sp³-hybridized carbons (Fsp3) is 0.154. The summed E-state index contributed by atoms with van der Waals surface area (Å²) in [5.74, 6) is 0.416. The van der Waals surface area contributed by atoms with Gasteiger partial charge in [0.1, 0.15) is 22.9 Å². The first-order valence-electron chi connectivity index (χ1n) is 5.71. The fourth-order valence-corrected chi connectivity index (χ4v) is 1.60. The number of hydrogen-bond acceptors (Lipinski definition) is 4. The highest BCUT2D eigenvalue weighted by Gasteiger charge is 2.08. The Morgan fingerprint density at radius 1 is 1.32 bits per heavy atom. The Bertz CT molecular complexity index is 572. The number of aromatic nitrogens is 2. The van der Waals surface area contributed by atoms with E-state index in [1.165, 1.54) is 12.4 Å². The molecule has 19 heavy (non-hydrogen) atoms. The van der Waals surface area contributed by atoms with E-state index >= 15 is 0 Å². The van der Waals surface area contributed by atoms with Crippen molar-refractivity contribution in [2.75, 3.05) is 11.9 Å². The van der Waals surface area contributed by atoms with E-state index in [2.05, 4.69) is 15.3 Å². The van der Waals surface area contributed by atoms with Crippen LogP contribution in [0.4, 0.5) is 5.69 Å². The van der Waals surface area contributed by atoms with Gasteiger partial charge in [0, 0.05) is 11.8 Å². The van der Waals surface area contributed by atoms with Gasteiger partial charge in [-0.3, -0.25) is 4.79 Å². The zero-order valence-corrected chi connectivity index (χ0v) is 11.0. The van der Waals surface area contributed by atoms with Gasteiger partial charge >= 0.3 is 0 Å². The zero-order chi connectivity index (χ0) is 13.7. The third-order valence-electron chi connectivity index (χ3n) is 2.29. The van der Waals surface area contributed by atoms with E-state index in [9.17, 15) is 4.79 Å². The number of halogens is 1. The molecule has 98 valence electrons. The number of carbonyl (C=O) groups excluding carboxylic acids is 1. The Balaban J connectivity index is 2.06. The molecule has 0 saturated heterocycles. The predicted molar refractivity (Wildman–Crippen MR) is 72.6 cm³/mol. The smallest absolute Gasteiger partial charge is 0.274 e. The summed E-state index contributed by atoms with van der Waals surface area (Å²) in [6.07, 6.45) is 1.25. The summed E-state index contributed by atoms with van der Waals surface area (Å²) in [6, 6.07) is 8.49. The Labute approximate surface area is 115 Å². The van der Waals surface area contributed by atoms with Crippen LogP contribution >= 0.6 is 11.6 Å². The molecule has 1 aromatic carbocycles. The van der Waals surface area contributed by atoms with E-state index < -0.39 is 0 Å². The quantitative estimate of drug-likeness (QED) is 0.873. The second kappa shape index (κ2) is 6.15. The standard InChI is InChI=1S/C13H12ClN3O2/c1-2-19-10-5-3-9(4-6-10)17-13(18)11-7-12(14)16-8-15-11/h3-8H,2H2,1H3,(H,17,18). The molecule has 0 spiro atoms. The molecular formula is C13H12ClN3O2. The first-order valence-corrected chi connectivity index (χ1v) is 6.08. The van der Waals surface area contributed by atoms with Crippen LogP contribution in [-0.2, 0) is 0 Å². The van der Waals surface area contributed by atoms with Gasteiger partial charge in [0.2, 0.25) is 0 Å². The Morgan fingerprint density at radius 3 is 2.68 bits per heavy atom. The number of ether oxygens (including phenoxy) is 1. The molecule has 0 bridgehead atoms. The number of nitrogens with zero attached hydrogens (tertiary/aromatic N) is 2. The van der Waals surface area contributed by atoms with Crippen LogP contribution in [0.3, 0.4) is 0 Å². The molecule has 2 aromatic rings. The largest absolute Gasteiger partial charge is 0.494 e. The summed E-state index contributed by atoms with van der Waals surface area (Å²) in [6.45, 7) is 2.51. The van der Waals surface area contributed by atoms with Gasteiger partial charge in [0.15, 0.2) is 0 Å². The molecule has 0 unspecified atom stereocenters. The van der Waals surface area contributed by atoms with Crippen LogP contribution < -0.4 is 10.1 Å². The van der Waals surface area contributed by atoms with Crippen molar-refractivity contribution in [3.8, 4) is 5.75 Å². The number of anilines is 1. The van der Waals surface area contributed by atoms with E-state index in [1.54, 1.807) is 24.3 Å². The van der Waals surface area contributed by atoms with Crippen LogP contribution in [-0.4, -0.2) is 22.5 Å². The zero-order valence-electron chi connectivity index (χ0n) is 10.3. The van der Waals surface area contributed by atoms with E-state index in [1.807, 2.05) is 6.92 Å². The molecule has 1 amide bonds. The number of nitrogens with one attached hydrogen (secondary N) is 1. The maximum atomic E-state index is 11.9. The lowest BCUT2D eigenvalue weighted by Crippen LogP contribution is -2.13. The Hall–Kier alpha value is -2.14. The van der Waals surface area contributed by atoms with E-state index in [0.29, 0.717) is 12.3 Å². The van der Waals surface area contributed by atoms with E-state index in [-0.39, 0.29) is 16.8 Å². The lowest BCUT2D eigenvalue weighted by atomic mass is 10.3. The molecule has 0 aliphatic rings. The highest BCUT2D eigenvalue weighted by Crippen LogP contribution is 2.16. The van der Waals surface area contributed by atoms with Gasteiger partial charge in [-0.25, -0.2) is 9.97 Å². The molecule has 0 saturated carbocycles. The van der Waals surface area contributed by atoms with Crippen LogP contribution in [0.15, 0.2) is 36.7 Å². The minimum atomic E-state index is -0.339. The van der Waals surface area contributed by atoms with Gasteiger partial charge in [0.05, 0.1) is 6.61 Å². The second-order valence-electron chi connectivity index (χ2n) is 3.64. The summed E-state index contributed by atoms with van der Waals surface area (Å²) in [5.41, 5.74) is 0.872. The topological polar surface area (TPSA) is 64.1 Å². The van der Waals surface area contributed by atoms with Gasteiger partial charge in [-0.2, -0.15) is 0 Å². The highest BCUT2D eigenvalue weighted by molar-refractivity contribution is 6.29. The molecule has 0 radical (unpaired) electrons. The van der Waals surface area contributed by atoms with Crippen molar-refractivity contribution in [3.05, 3.63) is 47.5 Å². The number of benzene rings is 1. The number of amides is 1. The second-order valence-corrected chi connectivity index (χ2v) is 4.02. The van der Waals surface area contributed by atoms with Crippen molar-refractivity contribution in [1.29, 1.82) is 0 Å². The number of carbonyl (C=O) groups is 1. The normalized spacial score (nSPS) is 10.0. The van der Waals surface area contributed by atoms with E-state index in [0.717, 1.165) is 5.75 Å². The fourth-order valence-electron chi connectivity index (χ4n) is 1.45. The third kappa shape index (κ3) is 3.66. The van der Waals surface area contributed by atoms with Crippen molar-refractivity contribution in [2.45, 2.75) is 6.92 Å². The summed E-state index contributed by atoms with van der Waals surface area (Å²) in [5, 5.41) is 2.94. The molecule has 0 atom stereocenters. The maximum Gasteiger partial charge on any atom is 0.274 e.